The quantitative estimate of drug-likeness (QED) is 0.412. The van der Waals surface area contributed by atoms with E-state index in [9.17, 15) is 9.18 Å². The summed E-state index contributed by atoms with van der Waals surface area (Å²) in [5.41, 5.74) is 3.68. The van der Waals surface area contributed by atoms with Crippen LogP contribution < -0.4 is 10.1 Å². The Hall–Kier alpha value is -3.45. The summed E-state index contributed by atoms with van der Waals surface area (Å²) in [7, 11) is 0. The first-order chi connectivity index (χ1) is 15.0. The van der Waals surface area contributed by atoms with E-state index in [0.29, 0.717) is 29.4 Å². The molecular weight excluding hydrogens is 413 g/mol. The van der Waals surface area contributed by atoms with E-state index in [0.717, 1.165) is 22.4 Å². The number of rotatable bonds is 7. The van der Waals surface area contributed by atoms with E-state index in [1.165, 1.54) is 17.4 Å². The number of hydrogen-bond acceptors (Lipinski definition) is 4. The fourth-order valence-electron chi connectivity index (χ4n) is 3.09. The van der Waals surface area contributed by atoms with Gasteiger partial charge in [-0.2, -0.15) is 5.10 Å². The predicted octanol–water partition coefficient (Wildman–Crippen LogP) is 5.58. The van der Waals surface area contributed by atoms with E-state index in [1.807, 2.05) is 43.5 Å². The molecule has 31 heavy (non-hydrogen) atoms. The number of aromatic nitrogens is 2. The summed E-state index contributed by atoms with van der Waals surface area (Å²) in [5.74, 6) is 0.748. The molecule has 0 fully saturated rings. The van der Waals surface area contributed by atoms with Gasteiger partial charge in [-0.05, 0) is 48.6 Å². The standard InChI is InChI=1S/C24H22FN3O2S/c1-16-7-8-17(2)21(11-16)30-14-18-12-22(31-15-18)24(29)26-23-9-10-28(27-23)13-19-5-3-4-6-20(19)25/h3-12,15H,13-14H2,1-2H3,(H,26,27,29). The smallest absolute Gasteiger partial charge is 0.266 e. The van der Waals surface area contributed by atoms with Gasteiger partial charge in [0.25, 0.3) is 5.91 Å². The number of benzene rings is 2. The van der Waals surface area contributed by atoms with Gasteiger partial charge in [0.05, 0.1) is 11.4 Å². The van der Waals surface area contributed by atoms with Crippen LogP contribution in [0.25, 0.3) is 0 Å². The van der Waals surface area contributed by atoms with Gasteiger partial charge in [0.15, 0.2) is 5.82 Å². The zero-order chi connectivity index (χ0) is 21.8. The number of nitrogens with one attached hydrogen (secondary N) is 1. The Labute approximate surface area is 184 Å². The Bertz CT molecular complexity index is 1220. The summed E-state index contributed by atoms with van der Waals surface area (Å²) < 4.78 is 21.3. The highest BCUT2D eigenvalue weighted by atomic mass is 32.1. The van der Waals surface area contributed by atoms with Crippen LogP contribution in [0.1, 0.15) is 31.9 Å². The first-order valence-corrected chi connectivity index (χ1v) is 10.7. The van der Waals surface area contributed by atoms with Crippen LogP contribution in [-0.4, -0.2) is 15.7 Å². The van der Waals surface area contributed by atoms with Gasteiger partial charge >= 0.3 is 0 Å². The Morgan fingerprint density at radius 1 is 1.16 bits per heavy atom. The third-order valence-corrected chi connectivity index (χ3v) is 5.77. The van der Waals surface area contributed by atoms with Crippen molar-refractivity contribution in [3.05, 3.63) is 99.1 Å². The SMILES string of the molecule is Cc1ccc(C)c(OCc2csc(C(=O)Nc3ccn(Cc4ccccc4F)n3)c2)c1. The Morgan fingerprint density at radius 3 is 2.84 bits per heavy atom. The number of nitrogens with zero attached hydrogens (tertiary/aromatic N) is 2. The zero-order valence-electron chi connectivity index (χ0n) is 17.3. The molecule has 2 heterocycles. The molecule has 2 aromatic carbocycles. The fraction of sp³-hybridized carbons (Fsp3) is 0.167. The number of halogens is 1. The average molecular weight is 436 g/mol. The lowest BCUT2D eigenvalue weighted by Gasteiger charge is -2.08. The summed E-state index contributed by atoms with van der Waals surface area (Å²) in [6.45, 7) is 4.72. The maximum absolute atomic E-state index is 13.8. The zero-order valence-corrected chi connectivity index (χ0v) is 18.1. The normalized spacial score (nSPS) is 10.8. The third kappa shape index (κ3) is 5.19. The lowest BCUT2D eigenvalue weighted by Crippen LogP contribution is -2.11. The molecule has 4 rings (SSSR count). The summed E-state index contributed by atoms with van der Waals surface area (Å²) in [4.78, 5) is 13.1. The fourth-order valence-corrected chi connectivity index (χ4v) is 3.88. The second-order valence-electron chi connectivity index (χ2n) is 7.32. The molecule has 1 N–H and O–H groups in total. The highest BCUT2D eigenvalue weighted by Gasteiger charge is 2.12. The van der Waals surface area contributed by atoms with Gasteiger partial charge < -0.3 is 10.1 Å². The van der Waals surface area contributed by atoms with Crippen LogP contribution in [-0.2, 0) is 13.2 Å². The van der Waals surface area contributed by atoms with Crippen molar-refractivity contribution in [3.8, 4) is 5.75 Å². The number of carbonyl (C=O) groups excluding carboxylic acids is 1. The molecule has 0 atom stereocenters. The molecule has 2 aromatic heterocycles. The summed E-state index contributed by atoms with van der Waals surface area (Å²) in [6, 6.07) is 16.2. The topological polar surface area (TPSA) is 56.1 Å². The monoisotopic (exact) mass is 435 g/mol. The van der Waals surface area contributed by atoms with E-state index in [-0.39, 0.29) is 11.7 Å². The number of thiophene rings is 1. The van der Waals surface area contributed by atoms with Crippen LogP contribution in [0.3, 0.4) is 0 Å². The molecule has 158 valence electrons. The van der Waals surface area contributed by atoms with Crippen LogP contribution >= 0.6 is 11.3 Å². The van der Waals surface area contributed by atoms with Crippen molar-refractivity contribution in [2.24, 2.45) is 0 Å². The number of aryl methyl sites for hydroxylation is 2. The van der Waals surface area contributed by atoms with Crippen molar-refractivity contribution < 1.29 is 13.9 Å². The lowest BCUT2D eigenvalue weighted by molar-refractivity contribution is 0.103. The molecule has 4 aromatic rings. The van der Waals surface area contributed by atoms with Crippen molar-refractivity contribution >= 4 is 23.1 Å². The minimum absolute atomic E-state index is 0.237. The lowest BCUT2D eigenvalue weighted by atomic mass is 10.1. The van der Waals surface area contributed by atoms with E-state index in [1.54, 1.807) is 35.1 Å². The molecule has 5 nitrogen and oxygen atoms in total. The molecule has 0 spiro atoms. The molecule has 0 bridgehead atoms. The summed E-state index contributed by atoms with van der Waals surface area (Å²) in [5, 5.41) is 9.01. The van der Waals surface area contributed by atoms with Crippen LogP contribution in [0.15, 0.2) is 66.2 Å². The van der Waals surface area contributed by atoms with Crippen molar-refractivity contribution in [1.82, 2.24) is 9.78 Å². The van der Waals surface area contributed by atoms with Gasteiger partial charge in [0.1, 0.15) is 18.2 Å². The molecule has 0 aliphatic rings. The van der Waals surface area contributed by atoms with Crippen LogP contribution in [0.4, 0.5) is 10.2 Å². The molecular formula is C24H22FN3O2S. The largest absolute Gasteiger partial charge is 0.489 e. The van der Waals surface area contributed by atoms with E-state index in [2.05, 4.69) is 10.4 Å². The number of amides is 1. The highest BCUT2D eigenvalue weighted by Crippen LogP contribution is 2.22. The van der Waals surface area contributed by atoms with Crippen molar-refractivity contribution in [1.29, 1.82) is 0 Å². The average Bonchev–Trinajstić information content (AvgIpc) is 3.40. The molecule has 0 saturated heterocycles. The van der Waals surface area contributed by atoms with Crippen LogP contribution in [0.2, 0.25) is 0 Å². The maximum Gasteiger partial charge on any atom is 0.266 e. The predicted molar refractivity (Wildman–Crippen MR) is 120 cm³/mol. The number of anilines is 1. The summed E-state index contributed by atoms with van der Waals surface area (Å²) >= 11 is 1.35. The van der Waals surface area contributed by atoms with Crippen LogP contribution in [0, 0.1) is 19.7 Å². The number of hydrogen-bond donors (Lipinski definition) is 1. The molecule has 0 aliphatic carbocycles. The number of ether oxygens (including phenoxy) is 1. The molecule has 7 heteroatoms. The van der Waals surface area contributed by atoms with Gasteiger partial charge in [-0.15, -0.1) is 11.3 Å². The van der Waals surface area contributed by atoms with Gasteiger partial charge in [0, 0.05) is 23.4 Å². The van der Waals surface area contributed by atoms with Gasteiger partial charge in [-0.3, -0.25) is 9.48 Å². The first kappa shape index (κ1) is 20.8. The molecule has 0 aliphatic heterocycles. The Balaban J connectivity index is 1.35. The maximum atomic E-state index is 13.8. The van der Waals surface area contributed by atoms with Gasteiger partial charge in [0.2, 0.25) is 0 Å². The van der Waals surface area contributed by atoms with Crippen molar-refractivity contribution in [3.63, 3.8) is 0 Å². The van der Waals surface area contributed by atoms with E-state index >= 15 is 0 Å². The first-order valence-electron chi connectivity index (χ1n) is 9.83. The van der Waals surface area contributed by atoms with Gasteiger partial charge in [-0.25, -0.2) is 4.39 Å². The van der Waals surface area contributed by atoms with Gasteiger partial charge in [-0.1, -0.05) is 30.3 Å². The van der Waals surface area contributed by atoms with E-state index in [4.69, 9.17) is 4.74 Å². The Kier molecular flexibility index (Phi) is 6.13. The third-order valence-electron chi connectivity index (χ3n) is 4.79. The molecule has 0 radical (unpaired) electrons. The van der Waals surface area contributed by atoms with Crippen LogP contribution in [0.5, 0.6) is 5.75 Å². The molecule has 0 saturated carbocycles. The second-order valence-corrected chi connectivity index (χ2v) is 8.23. The minimum Gasteiger partial charge on any atom is -0.489 e. The van der Waals surface area contributed by atoms with Crippen molar-refractivity contribution in [2.45, 2.75) is 27.0 Å². The highest BCUT2D eigenvalue weighted by molar-refractivity contribution is 7.12. The minimum atomic E-state index is -0.280. The molecule has 0 unspecified atom stereocenters. The summed E-state index contributed by atoms with van der Waals surface area (Å²) in [6.07, 6.45) is 1.71. The van der Waals surface area contributed by atoms with Crippen molar-refractivity contribution in [2.75, 3.05) is 5.32 Å². The second kappa shape index (κ2) is 9.14. The molecule has 1 amide bonds. The Morgan fingerprint density at radius 2 is 2.00 bits per heavy atom. The van der Waals surface area contributed by atoms with E-state index < -0.39 is 0 Å². The number of carbonyl (C=O) groups is 1.